The third-order valence-electron chi connectivity index (χ3n) is 5.15. The zero-order valence-electron chi connectivity index (χ0n) is 17.6. The van der Waals surface area contributed by atoms with Crippen LogP contribution in [-0.4, -0.2) is 33.3 Å². The standard InChI is InChI=1S/C21H14F6N4O3S/c1-2-35(33,34)16-9-13(12-3-5-14(6-4-12)20(22,23)24)11-28-18(16)31-19(32)30-8-7-15(21(25,26)27)10-17(30)29-31/h3-11H,2H2,1H3. The molecule has 14 heteroatoms. The van der Waals surface area contributed by atoms with E-state index in [2.05, 4.69) is 10.1 Å². The van der Waals surface area contributed by atoms with Gasteiger partial charge in [-0.25, -0.2) is 22.6 Å². The monoisotopic (exact) mass is 516 g/mol. The molecular formula is C21H14F6N4O3S. The molecule has 3 aromatic heterocycles. The zero-order valence-corrected chi connectivity index (χ0v) is 18.4. The van der Waals surface area contributed by atoms with Crippen molar-refractivity contribution in [1.29, 1.82) is 0 Å². The third-order valence-corrected chi connectivity index (χ3v) is 6.88. The smallest absolute Gasteiger partial charge is 0.250 e. The number of pyridine rings is 2. The first-order chi connectivity index (χ1) is 16.2. The number of alkyl halides is 6. The summed E-state index contributed by atoms with van der Waals surface area (Å²) in [6.07, 6.45) is -7.27. The molecule has 0 aliphatic carbocycles. The molecule has 4 aromatic rings. The number of aromatic nitrogens is 4. The molecule has 0 fully saturated rings. The molecular weight excluding hydrogens is 502 g/mol. The molecule has 7 nitrogen and oxygen atoms in total. The van der Waals surface area contributed by atoms with E-state index in [1.165, 1.54) is 6.92 Å². The van der Waals surface area contributed by atoms with Crippen LogP contribution in [0.2, 0.25) is 0 Å². The first-order valence-corrected chi connectivity index (χ1v) is 11.5. The zero-order chi connectivity index (χ0) is 25.8. The van der Waals surface area contributed by atoms with Crippen LogP contribution in [0.3, 0.4) is 0 Å². The summed E-state index contributed by atoms with van der Waals surface area (Å²) in [6.45, 7) is 1.33. The highest BCUT2D eigenvalue weighted by Gasteiger charge is 2.32. The average molecular weight is 516 g/mol. The molecule has 0 spiro atoms. The lowest BCUT2D eigenvalue weighted by atomic mass is 10.1. The van der Waals surface area contributed by atoms with Crippen molar-refractivity contribution in [2.75, 3.05) is 5.75 Å². The van der Waals surface area contributed by atoms with Crippen molar-refractivity contribution in [1.82, 2.24) is 19.2 Å². The summed E-state index contributed by atoms with van der Waals surface area (Å²) in [5.74, 6) is -0.872. The minimum absolute atomic E-state index is 0.144. The topological polar surface area (TPSA) is 86.3 Å². The van der Waals surface area contributed by atoms with Crippen LogP contribution in [0.25, 0.3) is 22.6 Å². The Hall–Kier alpha value is -3.68. The fraction of sp³-hybridized carbons (Fsp3) is 0.190. The summed E-state index contributed by atoms with van der Waals surface area (Å²) in [5.41, 5.74) is -2.95. The molecule has 0 radical (unpaired) electrons. The highest BCUT2D eigenvalue weighted by molar-refractivity contribution is 7.91. The number of rotatable bonds is 4. The molecule has 0 aliphatic heterocycles. The molecule has 0 saturated heterocycles. The number of halogens is 6. The molecule has 184 valence electrons. The van der Waals surface area contributed by atoms with E-state index in [0.29, 0.717) is 16.8 Å². The fourth-order valence-electron chi connectivity index (χ4n) is 3.28. The summed E-state index contributed by atoms with van der Waals surface area (Å²) >= 11 is 0. The van der Waals surface area contributed by atoms with Gasteiger partial charge >= 0.3 is 18.0 Å². The van der Waals surface area contributed by atoms with Gasteiger partial charge in [0.2, 0.25) is 0 Å². The highest BCUT2D eigenvalue weighted by Crippen LogP contribution is 2.32. The highest BCUT2D eigenvalue weighted by atomic mass is 32.2. The maximum atomic E-state index is 13.0. The van der Waals surface area contributed by atoms with E-state index in [-0.39, 0.29) is 11.1 Å². The summed E-state index contributed by atoms with van der Waals surface area (Å²) in [6, 6.07) is 6.34. The largest absolute Gasteiger partial charge is 0.416 e. The molecule has 35 heavy (non-hydrogen) atoms. The van der Waals surface area contributed by atoms with Gasteiger partial charge in [-0.3, -0.25) is 0 Å². The van der Waals surface area contributed by atoms with Crippen molar-refractivity contribution < 1.29 is 34.8 Å². The van der Waals surface area contributed by atoms with Crippen LogP contribution < -0.4 is 5.69 Å². The van der Waals surface area contributed by atoms with Crippen LogP contribution in [0.4, 0.5) is 26.3 Å². The van der Waals surface area contributed by atoms with E-state index in [4.69, 9.17) is 0 Å². The summed E-state index contributed by atoms with van der Waals surface area (Å²) < 4.78 is 105. The minimum atomic E-state index is -4.69. The maximum Gasteiger partial charge on any atom is 0.416 e. The normalized spacial score (nSPS) is 12.9. The molecule has 0 unspecified atom stereocenters. The molecule has 0 amide bonds. The van der Waals surface area contributed by atoms with Gasteiger partial charge in [0.25, 0.3) is 0 Å². The summed E-state index contributed by atoms with van der Waals surface area (Å²) in [4.78, 5) is 16.3. The summed E-state index contributed by atoms with van der Waals surface area (Å²) in [7, 11) is -4.06. The van der Waals surface area contributed by atoms with Crippen LogP contribution in [-0.2, 0) is 22.2 Å². The van der Waals surface area contributed by atoms with Gasteiger partial charge in [0.05, 0.1) is 16.9 Å². The second-order valence-electron chi connectivity index (χ2n) is 7.36. The lowest BCUT2D eigenvalue weighted by Crippen LogP contribution is -2.23. The quantitative estimate of drug-likeness (QED) is 0.376. The number of sulfone groups is 1. The first kappa shape index (κ1) is 24.4. The molecule has 0 atom stereocenters. The van der Waals surface area contributed by atoms with Crippen molar-refractivity contribution in [2.45, 2.75) is 24.2 Å². The van der Waals surface area contributed by atoms with E-state index < -0.39 is 61.1 Å². The molecule has 4 rings (SSSR count). The van der Waals surface area contributed by atoms with Gasteiger partial charge in [0, 0.05) is 18.0 Å². The van der Waals surface area contributed by atoms with E-state index in [9.17, 15) is 39.6 Å². The van der Waals surface area contributed by atoms with Gasteiger partial charge in [-0.2, -0.15) is 31.0 Å². The van der Waals surface area contributed by atoms with E-state index in [1.807, 2.05) is 0 Å². The van der Waals surface area contributed by atoms with E-state index in [1.54, 1.807) is 0 Å². The second-order valence-corrected chi connectivity index (χ2v) is 9.61. The minimum Gasteiger partial charge on any atom is -0.250 e. The van der Waals surface area contributed by atoms with Crippen LogP contribution in [0.5, 0.6) is 0 Å². The number of fused-ring (bicyclic) bond motifs is 1. The van der Waals surface area contributed by atoms with E-state index >= 15 is 0 Å². The van der Waals surface area contributed by atoms with Gasteiger partial charge < -0.3 is 0 Å². The average Bonchev–Trinajstić information content (AvgIpc) is 3.13. The number of hydrogen-bond acceptors (Lipinski definition) is 5. The van der Waals surface area contributed by atoms with Crippen LogP contribution in [0.15, 0.2) is 64.5 Å². The Bertz CT molecular complexity index is 1590. The second kappa shape index (κ2) is 8.22. The van der Waals surface area contributed by atoms with Gasteiger partial charge in [-0.05, 0) is 35.9 Å². The first-order valence-electron chi connectivity index (χ1n) is 9.82. The molecule has 0 saturated carbocycles. The Kier molecular flexibility index (Phi) is 5.74. The summed E-state index contributed by atoms with van der Waals surface area (Å²) in [5, 5.41) is 3.82. The predicted molar refractivity (Wildman–Crippen MR) is 112 cm³/mol. The molecule has 0 bridgehead atoms. The number of nitrogens with zero attached hydrogens (tertiary/aromatic N) is 4. The Labute approximate surface area is 193 Å². The van der Waals surface area contributed by atoms with Crippen molar-refractivity contribution >= 4 is 15.5 Å². The fourth-order valence-corrected chi connectivity index (χ4v) is 4.31. The van der Waals surface area contributed by atoms with Crippen molar-refractivity contribution in [2.24, 2.45) is 0 Å². The molecule has 1 aromatic carbocycles. The lowest BCUT2D eigenvalue weighted by Gasteiger charge is -2.11. The maximum absolute atomic E-state index is 13.0. The van der Waals surface area contributed by atoms with Gasteiger partial charge in [0.1, 0.15) is 4.90 Å². The van der Waals surface area contributed by atoms with Crippen molar-refractivity contribution in [3.05, 3.63) is 76.5 Å². The SMILES string of the molecule is CCS(=O)(=O)c1cc(-c2ccc(C(F)(F)F)cc2)cnc1-n1nc2cc(C(F)(F)F)ccn2c1=O. The van der Waals surface area contributed by atoms with Gasteiger partial charge in [-0.1, -0.05) is 19.1 Å². The molecule has 0 N–H and O–H groups in total. The van der Waals surface area contributed by atoms with Gasteiger partial charge in [-0.15, -0.1) is 5.10 Å². The Morgan fingerprint density at radius 2 is 1.51 bits per heavy atom. The van der Waals surface area contributed by atoms with Crippen molar-refractivity contribution in [3.8, 4) is 16.9 Å². The van der Waals surface area contributed by atoms with Crippen LogP contribution in [0, 0.1) is 0 Å². The van der Waals surface area contributed by atoms with Crippen LogP contribution in [0.1, 0.15) is 18.1 Å². The number of benzene rings is 1. The third kappa shape index (κ3) is 4.52. The van der Waals surface area contributed by atoms with Crippen molar-refractivity contribution in [3.63, 3.8) is 0 Å². The van der Waals surface area contributed by atoms with Gasteiger partial charge in [0.15, 0.2) is 21.3 Å². The van der Waals surface area contributed by atoms with E-state index in [0.717, 1.165) is 47.1 Å². The Morgan fingerprint density at radius 1 is 0.886 bits per heavy atom. The molecule has 3 heterocycles. The Balaban J connectivity index is 1.89. The lowest BCUT2D eigenvalue weighted by molar-refractivity contribution is -0.138. The predicted octanol–water partition coefficient (Wildman–Crippen LogP) is 4.38. The van der Waals surface area contributed by atoms with Crippen LogP contribution >= 0.6 is 0 Å². The molecule has 0 aliphatic rings. The number of hydrogen-bond donors (Lipinski definition) is 0. The Morgan fingerprint density at radius 3 is 2.09 bits per heavy atom.